The number of hydrogen-bond donors (Lipinski definition) is 0. The Hall–Kier alpha value is -0.760. The number of rotatable bonds is 49. The summed E-state index contributed by atoms with van der Waals surface area (Å²) in [5, 5.41) is 0. The van der Waals surface area contributed by atoms with Gasteiger partial charge in [-0.05, 0) is 38.5 Å². The van der Waals surface area contributed by atoms with Gasteiger partial charge in [0.1, 0.15) is 19.3 Å². The van der Waals surface area contributed by atoms with E-state index in [1.54, 1.807) is 0 Å². The van der Waals surface area contributed by atoms with Crippen molar-refractivity contribution in [1.82, 2.24) is 0 Å². The van der Waals surface area contributed by atoms with Gasteiger partial charge in [0.05, 0.1) is 34.4 Å². The summed E-state index contributed by atoms with van der Waals surface area (Å²) < 4.78 is 34.7. The van der Waals surface area contributed by atoms with Crippen LogP contribution in [0.1, 0.15) is 251 Å². The van der Waals surface area contributed by atoms with E-state index in [1.807, 2.05) is 21.1 Å². The number of esters is 1. The summed E-state index contributed by atoms with van der Waals surface area (Å²) in [5.74, 6) is -0.337. The van der Waals surface area contributed by atoms with Gasteiger partial charge in [-0.25, -0.2) is 0 Å². The summed E-state index contributed by atoms with van der Waals surface area (Å²) in [6.07, 6.45) is 50.9. The number of quaternary nitrogens is 1. The highest BCUT2D eigenvalue weighted by Crippen LogP contribution is 2.38. The molecular formula is C51H102NO7P. The zero-order chi connectivity index (χ0) is 44.1. The Morgan fingerprint density at radius 1 is 0.500 bits per heavy atom. The van der Waals surface area contributed by atoms with Gasteiger partial charge in [0.15, 0.2) is 0 Å². The molecule has 0 N–H and O–H groups in total. The van der Waals surface area contributed by atoms with Crippen LogP contribution in [-0.4, -0.2) is 70.7 Å². The maximum Gasteiger partial charge on any atom is 0.306 e. The van der Waals surface area contributed by atoms with Gasteiger partial charge in [0.25, 0.3) is 7.82 Å². The van der Waals surface area contributed by atoms with E-state index in [2.05, 4.69) is 26.0 Å². The highest BCUT2D eigenvalue weighted by atomic mass is 31.2. The summed E-state index contributed by atoms with van der Waals surface area (Å²) in [7, 11) is 1.37. The lowest BCUT2D eigenvalue weighted by atomic mass is 10.0. The molecule has 0 aromatic rings. The summed E-state index contributed by atoms with van der Waals surface area (Å²) >= 11 is 0. The van der Waals surface area contributed by atoms with Crippen molar-refractivity contribution in [1.29, 1.82) is 0 Å². The molecule has 0 saturated heterocycles. The van der Waals surface area contributed by atoms with Gasteiger partial charge in [0.2, 0.25) is 0 Å². The summed E-state index contributed by atoms with van der Waals surface area (Å²) in [6.45, 7) is 5.46. The molecule has 0 aromatic heterocycles. The maximum atomic E-state index is 12.7. The average molecular weight is 872 g/mol. The monoisotopic (exact) mass is 872 g/mol. The fraction of sp³-hybridized carbons (Fsp3) is 0.941. The molecule has 0 amide bonds. The van der Waals surface area contributed by atoms with Crippen LogP contribution in [0.4, 0.5) is 0 Å². The highest BCUT2D eigenvalue weighted by molar-refractivity contribution is 7.45. The molecular weight excluding hydrogens is 770 g/mol. The Balaban J connectivity index is 4.08. The molecule has 0 spiro atoms. The summed E-state index contributed by atoms with van der Waals surface area (Å²) in [6, 6.07) is 0. The predicted molar refractivity (Wildman–Crippen MR) is 254 cm³/mol. The van der Waals surface area contributed by atoms with E-state index < -0.39 is 13.9 Å². The minimum absolute atomic E-state index is 0.0281. The third kappa shape index (κ3) is 48.3. The number of likely N-dealkylation sites (N-methyl/N-ethyl adjacent to an activating group) is 1. The molecule has 0 aliphatic heterocycles. The lowest BCUT2D eigenvalue weighted by Crippen LogP contribution is -2.37. The molecule has 0 aliphatic carbocycles. The van der Waals surface area contributed by atoms with E-state index in [4.69, 9.17) is 18.5 Å². The quantitative estimate of drug-likeness (QED) is 0.0198. The van der Waals surface area contributed by atoms with Gasteiger partial charge in [-0.3, -0.25) is 9.36 Å². The molecule has 8 nitrogen and oxygen atoms in total. The number of carbonyl (C=O) groups is 1. The first-order chi connectivity index (χ1) is 29.1. The number of allylic oxidation sites excluding steroid dienone is 2. The van der Waals surface area contributed by atoms with Crippen LogP contribution in [-0.2, 0) is 27.9 Å². The van der Waals surface area contributed by atoms with Crippen LogP contribution in [0.2, 0.25) is 0 Å². The van der Waals surface area contributed by atoms with Crippen molar-refractivity contribution in [2.24, 2.45) is 0 Å². The molecule has 0 rings (SSSR count). The molecule has 0 radical (unpaired) electrons. The van der Waals surface area contributed by atoms with Crippen molar-refractivity contribution < 1.29 is 37.3 Å². The van der Waals surface area contributed by atoms with E-state index in [9.17, 15) is 14.3 Å². The highest BCUT2D eigenvalue weighted by Gasteiger charge is 2.20. The normalized spacial score (nSPS) is 13.6. The molecule has 0 bridgehead atoms. The second kappa shape index (κ2) is 44.8. The lowest BCUT2D eigenvalue weighted by molar-refractivity contribution is -0.870. The molecule has 9 heteroatoms. The Bertz CT molecular complexity index is 972. The first-order valence-corrected chi connectivity index (χ1v) is 27.4. The van der Waals surface area contributed by atoms with Crippen molar-refractivity contribution in [3.8, 4) is 0 Å². The van der Waals surface area contributed by atoms with Crippen molar-refractivity contribution in [2.75, 3.05) is 54.1 Å². The predicted octanol–water partition coefficient (Wildman–Crippen LogP) is 15.2. The third-order valence-corrected chi connectivity index (χ3v) is 12.5. The molecule has 0 saturated carbocycles. The SMILES string of the molecule is CCCCCCCCC/C=C\CCCCCCCC(=O)OC(COCCCCCCCCCCCCCCCCCCCCCCCC)COP(=O)([O-])OCC[N+](C)(C)C. The second-order valence-electron chi connectivity index (χ2n) is 18.9. The summed E-state index contributed by atoms with van der Waals surface area (Å²) in [5.41, 5.74) is 0. The van der Waals surface area contributed by atoms with Crippen LogP contribution in [0.15, 0.2) is 12.2 Å². The molecule has 0 heterocycles. The zero-order valence-corrected chi connectivity index (χ0v) is 41.6. The minimum Gasteiger partial charge on any atom is -0.756 e. The van der Waals surface area contributed by atoms with Crippen LogP contribution in [0, 0.1) is 0 Å². The molecule has 60 heavy (non-hydrogen) atoms. The Morgan fingerprint density at radius 3 is 1.27 bits per heavy atom. The van der Waals surface area contributed by atoms with Gasteiger partial charge in [-0.2, -0.15) is 0 Å². The number of carbonyl (C=O) groups excluding carboxylic acids is 1. The van der Waals surface area contributed by atoms with Crippen molar-refractivity contribution in [2.45, 2.75) is 258 Å². The topological polar surface area (TPSA) is 94.1 Å². The van der Waals surface area contributed by atoms with Crippen molar-refractivity contribution in [3.63, 3.8) is 0 Å². The van der Waals surface area contributed by atoms with E-state index in [-0.39, 0.29) is 25.8 Å². The molecule has 2 unspecified atom stereocenters. The Morgan fingerprint density at radius 2 is 0.867 bits per heavy atom. The number of ether oxygens (including phenoxy) is 2. The van der Waals surface area contributed by atoms with Gasteiger partial charge >= 0.3 is 5.97 Å². The van der Waals surface area contributed by atoms with E-state index in [1.165, 1.54) is 186 Å². The van der Waals surface area contributed by atoms with Crippen LogP contribution < -0.4 is 4.89 Å². The van der Waals surface area contributed by atoms with Crippen LogP contribution in [0.5, 0.6) is 0 Å². The molecule has 2 atom stereocenters. The van der Waals surface area contributed by atoms with E-state index in [0.29, 0.717) is 24.1 Å². The zero-order valence-electron chi connectivity index (χ0n) is 40.7. The van der Waals surface area contributed by atoms with Crippen LogP contribution in [0.3, 0.4) is 0 Å². The van der Waals surface area contributed by atoms with E-state index >= 15 is 0 Å². The smallest absolute Gasteiger partial charge is 0.306 e. The van der Waals surface area contributed by atoms with E-state index in [0.717, 1.165) is 44.9 Å². The standard InChI is InChI=1S/C51H102NO7P/c1-6-8-10-12-14-16-18-20-22-24-25-26-27-28-29-31-33-35-37-39-41-43-46-56-48-50(49-58-60(54,55)57-47-45-52(3,4)5)59-51(53)44-42-40-38-36-34-32-30-23-21-19-17-15-13-11-9-7-2/h23,30,50H,6-22,24-29,31-49H2,1-5H3/b30-23-. The Kier molecular flexibility index (Phi) is 44.3. The number of phosphoric ester groups is 1. The van der Waals surface area contributed by atoms with Crippen molar-refractivity contribution >= 4 is 13.8 Å². The van der Waals surface area contributed by atoms with Gasteiger partial charge in [-0.15, -0.1) is 0 Å². The fourth-order valence-electron chi connectivity index (χ4n) is 7.54. The number of unbranched alkanes of at least 4 members (excludes halogenated alkanes) is 33. The number of phosphoric acid groups is 1. The number of nitrogens with zero attached hydrogens (tertiary/aromatic N) is 1. The van der Waals surface area contributed by atoms with Gasteiger partial charge in [0, 0.05) is 13.0 Å². The summed E-state index contributed by atoms with van der Waals surface area (Å²) in [4.78, 5) is 25.1. The third-order valence-electron chi connectivity index (χ3n) is 11.6. The lowest BCUT2D eigenvalue weighted by Gasteiger charge is -2.28. The second-order valence-corrected chi connectivity index (χ2v) is 20.3. The first kappa shape index (κ1) is 59.2. The fourth-order valence-corrected chi connectivity index (χ4v) is 8.27. The Labute approximate surface area is 373 Å². The average Bonchev–Trinajstić information content (AvgIpc) is 3.20. The molecule has 0 aliphatic rings. The number of hydrogen-bond acceptors (Lipinski definition) is 7. The van der Waals surface area contributed by atoms with Gasteiger partial charge < -0.3 is 27.9 Å². The minimum atomic E-state index is -4.53. The van der Waals surface area contributed by atoms with Crippen molar-refractivity contribution in [3.05, 3.63) is 12.2 Å². The molecule has 0 fully saturated rings. The first-order valence-electron chi connectivity index (χ1n) is 25.9. The molecule has 0 aromatic carbocycles. The van der Waals surface area contributed by atoms with Gasteiger partial charge in [-0.1, -0.05) is 219 Å². The van der Waals surface area contributed by atoms with Crippen LogP contribution in [0.25, 0.3) is 0 Å². The van der Waals surface area contributed by atoms with Crippen LogP contribution >= 0.6 is 7.82 Å². The maximum absolute atomic E-state index is 12.7. The molecule has 358 valence electrons. The largest absolute Gasteiger partial charge is 0.756 e.